The molecule has 5 aromatic carbocycles. The summed E-state index contributed by atoms with van der Waals surface area (Å²) in [5.41, 5.74) is 3.57. The van der Waals surface area contributed by atoms with Crippen LogP contribution in [-0.4, -0.2) is 27.1 Å². The third-order valence-corrected chi connectivity index (χ3v) is 9.38. The van der Waals surface area contributed by atoms with Crippen molar-refractivity contribution in [2.45, 2.75) is 17.1 Å². The van der Waals surface area contributed by atoms with Gasteiger partial charge in [0.15, 0.2) is 0 Å². The van der Waals surface area contributed by atoms with E-state index in [1.807, 2.05) is 103 Å². The van der Waals surface area contributed by atoms with Gasteiger partial charge >= 0.3 is 0 Å². The number of amides is 3. The molecule has 0 saturated carbocycles. The predicted octanol–water partition coefficient (Wildman–Crippen LogP) is 7.37. The fourth-order valence-electron chi connectivity index (χ4n) is 5.44. The standard InChI is InChI=1S/C41H35N5O4S/c1-28-36(41(50)46(45(28)2)33-23-13-6-14-24-33)44-40(49)37(30-18-9-4-10-19-30)51-34-25-15-22-32(27-34)42-39(48)35(26-29-16-7-3-8-17-29)43-38(47)31-20-11-5-12-21-31/h3-27,37H,1-2H3,(H,42,48)(H,43,47)(H,44,49)/b35-26-. The van der Waals surface area contributed by atoms with E-state index in [1.165, 1.54) is 16.4 Å². The summed E-state index contributed by atoms with van der Waals surface area (Å²) in [6, 6.07) is 43.6. The zero-order valence-corrected chi connectivity index (χ0v) is 28.8. The summed E-state index contributed by atoms with van der Waals surface area (Å²) in [5.74, 6) is -1.31. The van der Waals surface area contributed by atoms with E-state index in [9.17, 15) is 19.2 Å². The van der Waals surface area contributed by atoms with E-state index >= 15 is 0 Å². The maximum absolute atomic E-state index is 14.0. The SMILES string of the molecule is Cc1c(NC(=O)C(Sc2cccc(NC(=O)/C(=C/c3ccccc3)NC(=O)c3ccccc3)c2)c2ccccc2)c(=O)n(-c2ccccc2)n1C. The van der Waals surface area contributed by atoms with E-state index in [0.29, 0.717) is 27.5 Å². The van der Waals surface area contributed by atoms with E-state index < -0.39 is 17.1 Å². The number of carbonyl (C=O) groups is 3. The van der Waals surface area contributed by atoms with E-state index in [1.54, 1.807) is 67.2 Å². The minimum atomic E-state index is -0.736. The Balaban J connectivity index is 1.25. The number of aromatic nitrogens is 2. The zero-order chi connectivity index (χ0) is 35.7. The molecule has 0 radical (unpaired) electrons. The van der Waals surface area contributed by atoms with Gasteiger partial charge in [-0.25, -0.2) is 4.68 Å². The van der Waals surface area contributed by atoms with E-state index in [2.05, 4.69) is 16.0 Å². The largest absolute Gasteiger partial charge is 0.321 e. The highest BCUT2D eigenvalue weighted by Crippen LogP contribution is 2.37. The summed E-state index contributed by atoms with van der Waals surface area (Å²) < 4.78 is 3.23. The lowest BCUT2D eigenvalue weighted by Crippen LogP contribution is -2.30. The molecule has 254 valence electrons. The van der Waals surface area contributed by atoms with Crippen molar-refractivity contribution in [1.82, 2.24) is 14.7 Å². The second kappa shape index (κ2) is 15.9. The van der Waals surface area contributed by atoms with Crippen LogP contribution in [0, 0.1) is 6.92 Å². The molecule has 3 N–H and O–H groups in total. The molecular formula is C41H35N5O4S. The molecule has 1 aromatic heterocycles. The van der Waals surface area contributed by atoms with Crippen molar-refractivity contribution >= 4 is 46.9 Å². The number of hydrogen-bond acceptors (Lipinski definition) is 5. The first-order valence-electron chi connectivity index (χ1n) is 16.2. The highest BCUT2D eigenvalue weighted by atomic mass is 32.2. The minimum absolute atomic E-state index is 0.0639. The van der Waals surface area contributed by atoms with Crippen molar-refractivity contribution in [2.24, 2.45) is 7.05 Å². The van der Waals surface area contributed by atoms with Gasteiger partial charge in [0.25, 0.3) is 17.4 Å². The van der Waals surface area contributed by atoms with E-state index in [-0.39, 0.29) is 22.9 Å². The van der Waals surface area contributed by atoms with Gasteiger partial charge in [-0.15, -0.1) is 11.8 Å². The summed E-state index contributed by atoms with van der Waals surface area (Å²) in [7, 11) is 1.77. The van der Waals surface area contributed by atoms with Crippen LogP contribution in [0.1, 0.15) is 32.4 Å². The highest BCUT2D eigenvalue weighted by Gasteiger charge is 2.26. The third-order valence-electron chi connectivity index (χ3n) is 8.13. The molecule has 0 aliphatic heterocycles. The third kappa shape index (κ3) is 8.26. The number of carbonyl (C=O) groups excluding carboxylic acids is 3. The molecule has 3 amide bonds. The molecule has 0 spiro atoms. The number of hydrogen-bond donors (Lipinski definition) is 3. The minimum Gasteiger partial charge on any atom is -0.321 e. The van der Waals surface area contributed by atoms with Gasteiger partial charge in [-0.3, -0.25) is 23.9 Å². The Bertz CT molecular complexity index is 2250. The maximum atomic E-state index is 14.0. The average molecular weight is 694 g/mol. The van der Waals surface area contributed by atoms with Gasteiger partial charge in [-0.2, -0.15) is 0 Å². The molecule has 0 aliphatic carbocycles. The summed E-state index contributed by atoms with van der Waals surface area (Å²) in [5, 5.41) is 7.83. The van der Waals surface area contributed by atoms with Crippen molar-refractivity contribution in [3.05, 3.63) is 184 Å². The van der Waals surface area contributed by atoms with Crippen LogP contribution in [0.15, 0.2) is 161 Å². The van der Waals surface area contributed by atoms with Crippen LogP contribution in [0.4, 0.5) is 11.4 Å². The zero-order valence-electron chi connectivity index (χ0n) is 27.9. The number of anilines is 2. The Kier molecular flexibility index (Phi) is 10.7. The van der Waals surface area contributed by atoms with Gasteiger partial charge in [-0.1, -0.05) is 103 Å². The number of nitrogens with zero attached hydrogens (tertiary/aromatic N) is 2. The molecule has 1 unspecified atom stereocenters. The van der Waals surface area contributed by atoms with Crippen LogP contribution in [-0.2, 0) is 16.6 Å². The number of benzene rings is 5. The first kappa shape index (κ1) is 34.5. The Morgan fingerprint density at radius 1 is 0.725 bits per heavy atom. The van der Waals surface area contributed by atoms with Crippen LogP contribution in [0.2, 0.25) is 0 Å². The molecule has 0 fully saturated rings. The van der Waals surface area contributed by atoms with Crippen molar-refractivity contribution in [3.63, 3.8) is 0 Å². The topological polar surface area (TPSA) is 114 Å². The van der Waals surface area contributed by atoms with Crippen molar-refractivity contribution in [2.75, 3.05) is 10.6 Å². The number of nitrogens with one attached hydrogen (secondary N) is 3. The van der Waals surface area contributed by atoms with E-state index in [4.69, 9.17) is 0 Å². The molecule has 0 aliphatic rings. The summed E-state index contributed by atoms with van der Waals surface area (Å²) in [4.78, 5) is 55.0. The normalized spacial score (nSPS) is 11.8. The van der Waals surface area contributed by atoms with E-state index in [0.717, 1.165) is 11.1 Å². The molecular weight excluding hydrogens is 659 g/mol. The van der Waals surface area contributed by atoms with Crippen molar-refractivity contribution < 1.29 is 14.4 Å². The molecule has 10 heteroatoms. The van der Waals surface area contributed by atoms with Crippen LogP contribution >= 0.6 is 11.8 Å². The Labute approximate surface area is 299 Å². The molecule has 1 atom stereocenters. The first-order chi connectivity index (χ1) is 24.8. The average Bonchev–Trinajstić information content (AvgIpc) is 3.37. The summed E-state index contributed by atoms with van der Waals surface area (Å²) >= 11 is 1.29. The monoisotopic (exact) mass is 693 g/mol. The lowest BCUT2D eigenvalue weighted by Gasteiger charge is -2.17. The van der Waals surface area contributed by atoms with Crippen LogP contribution in [0.5, 0.6) is 0 Å². The molecule has 51 heavy (non-hydrogen) atoms. The predicted molar refractivity (Wildman–Crippen MR) is 203 cm³/mol. The first-order valence-corrected chi connectivity index (χ1v) is 17.1. The fraction of sp³-hybridized carbons (Fsp3) is 0.0732. The highest BCUT2D eigenvalue weighted by molar-refractivity contribution is 8.00. The van der Waals surface area contributed by atoms with Gasteiger partial charge in [0.05, 0.1) is 11.4 Å². The molecule has 6 rings (SSSR count). The smallest absolute Gasteiger partial charge is 0.295 e. The van der Waals surface area contributed by atoms with Crippen LogP contribution < -0.4 is 21.5 Å². The molecule has 9 nitrogen and oxygen atoms in total. The second-order valence-electron chi connectivity index (χ2n) is 11.6. The van der Waals surface area contributed by atoms with Gasteiger partial charge < -0.3 is 16.0 Å². The van der Waals surface area contributed by atoms with Crippen LogP contribution in [0.25, 0.3) is 11.8 Å². The number of para-hydroxylation sites is 1. The molecule has 0 bridgehead atoms. The van der Waals surface area contributed by atoms with Crippen LogP contribution in [0.3, 0.4) is 0 Å². The quantitative estimate of drug-likeness (QED) is 0.0969. The molecule has 0 saturated heterocycles. The number of thioether (sulfide) groups is 1. The molecule has 1 heterocycles. The van der Waals surface area contributed by atoms with Gasteiger partial charge in [0, 0.05) is 23.2 Å². The fourth-order valence-corrected chi connectivity index (χ4v) is 6.53. The Morgan fingerprint density at radius 2 is 1.33 bits per heavy atom. The summed E-state index contributed by atoms with van der Waals surface area (Å²) in [6.07, 6.45) is 1.61. The van der Waals surface area contributed by atoms with Gasteiger partial charge in [-0.05, 0) is 66.6 Å². The lowest BCUT2D eigenvalue weighted by molar-refractivity contribution is -0.116. The van der Waals surface area contributed by atoms with Gasteiger partial charge in [0.2, 0.25) is 5.91 Å². The summed E-state index contributed by atoms with van der Waals surface area (Å²) in [6.45, 7) is 1.79. The lowest BCUT2D eigenvalue weighted by atomic mass is 10.1. The van der Waals surface area contributed by atoms with Crippen molar-refractivity contribution in [1.29, 1.82) is 0 Å². The second-order valence-corrected chi connectivity index (χ2v) is 12.8. The Hall–Kier alpha value is -6.39. The molecule has 6 aromatic rings. The maximum Gasteiger partial charge on any atom is 0.295 e. The number of rotatable bonds is 11. The van der Waals surface area contributed by atoms with Crippen molar-refractivity contribution in [3.8, 4) is 5.69 Å². The van der Waals surface area contributed by atoms with Gasteiger partial charge in [0.1, 0.15) is 16.6 Å². The Morgan fingerprint density at radius 3 is 2.00 bits per heavy atom.